The Morgan fingerprint density at radius 1 is 1.09 bits per heavy atom. The molecule has 3 rings (SSSR count). The Morgan fingerprint density at radius 3 is 2.30 bits per heavy atom. The van der Waals surface area contributed by atoms with Crippen LogP contribution in [0.2, 0.25) is 0 Å². The van der Waals surface area contributed by atoms with Gasteiger partial charge in [-0.1, -0.05) is 75.4 Å². The van der Waals surface area contributed by atoms with Crippen LogP contribution in [0.15, 0.2) is 54.6 Å². The molecule has 0 radical (unpaired) electrons. The molecule has 0 saturated carbocycles. The van der Waals surface area contributed by atoms with Gasteiger partial charge in [0.25, 0.3) is 0 Å². The maximum absolute atomic E-state index is 12.9. The standard InChI is InChI=1S/C27H32N2O2S2/c1-7-31-25(30)23-22(20-11-9-8-10-12-20)18(3)33-24(23)29-26(32)28-17(2)19-13-15-21(16-14-19)27(4,5)6/h8-17H,7H2,1-6H3,(H2,28,29,32). The first kappa shape index (κ1) is 24.9. The third kappa shape index (κ3) is 6.01. The van der Waals surface area contributed by atoms with Gasteiger partial charge in [0, 0.05) is 10.4 Å². The summed E-state index contributed by atoms with van der Waals surface area (Å²) in [5, 5.41) is 7.76. The van der Waals surface area contributed by atoms with E-state index in [2.05, 4.69) is 62.6 Å². The van der Waals surface area contributed by atoms with Crippen molar-refractivity contribution in [2.45, 2.75) is 53.0 Å². The zero-order valence-electron chi connectivity index (χ0n) is 20.1. The predicted molar refractivity (Wildman–Crippen MR) is 143 cm³/mol. The molecule has 2 N–H and O–H groups in total. The van der Waals surface area contributed by atoms with Crippen LogP contribution in [-0.2, 0) is 10.2 Å². The van der Waals surface area contributed by atoms with Crippen LogP contribution in [0.4, 0.5) is 5.00 Å². The van der Waals surface area contributed by atoms with Gasteiger partial charge in [-0.3, -0.25) is 0 Å². The van der Waals surface area contributed by atoms with E-state index < -0.39 is 0 Å². The second-order valence-electron chi connectivity index (χ2n) is 9.02. The van der Waals surface area contributed by atoms with Crippen LogP contribution < -0.4 is 10.6 Å². The Morgan fingerprint density at radius 2 is 1.73 bits per heavy atom. The van der Waals surface area contributed by atoms with Crippen LogP contribution in [0.5, 0.6) is 0 Å². The van der Waals surface area contributed by atoms with Gasteiger partial charge < -0.3 is 15.4 Å². The summed E-state index contributed by atoms with van der Waals surface area (Å²) < 4.78 is 5.38. The minimum atomic E-state index is -0.350. The Bertz CT molecular complexity index is 1110. The maximum Gasteiger partial charge on any atom is 0.341 e. The number of hydrogen-bond acceptors (Lipinski definition) is 4. The summed E-state index contributed by atoms with van der Waals surface area (Å²) in [7, 11) is 0. The first-order chi connectivity index (χ1) is 15.6. The smallest absolute Gasteiger partial charge is 0.341 e. The predicted octanol–water partition coefficient (Wildman–Crippen LogP) is 7.25. The van der Waals surface area contributed by atoms with Gasteiger partial charge in [-0.15, -0.1) is 11.3 Å². The molecule has 33 heavy (non-hydrogen) atoms. The lowest BCUT2D eigenvalue weighted by atomic mass is 9.86. The normalized spacial score (nSPS) is 12.2. The summed E-state index contributed by atoms with van der Waals surface area (Å²) in [6.45, 7) is 12.8. The van der Waals surface area contributed by atoms with Crippen molar-refractivity contribution in [3.05, 3.63) is 76.2 Å². The third-order valence-corrected chi connectivity index (χ3v) is 6.72. The molecule has 4 nitrogen and oxygen atoms in total. The van der Waals surface area contributed by atoms with Gasteiger partial charge in [0.15, 0.2) is 5.11 Å². The summed E-state index contributed by atoms with van der Waals surface area (Å²) in [4.78, 5) is 13.9. The van der Waals surface area contributed by atoms with Crippen LogP contribution >= 0.6 is 23.6 Å². The van der Waals surface area contributed by atoms with E-state index in [1.165, 1.54) is 16.9 Å². The monoisotopic (exact) mass is 480 g/mol. The number of aryl methyl sites for hydroxylation is 1. The molecular formula is C27H32N2O2S2. The molecule has 0 aliphatic carbocycles. The minimum absolute atomic E-state index is 0.0136. The van der Waals surface area contributed by atoms with Crippen LogP contribution in [0.25, 0.3) is 11.1 Å². The number of thiophene rings is 1. The number of benzene rings is 2. The van der Waals surface area contributed by atoms with Crippen LogP contribution in [0.1, 0.15) is 67.0 Å². The van der Waals surface area contributed by atoms with Gasteiger partial charge in [-0.2, -0.15) is 0 Å². The van der Waals surface area contributed by atoms with Crippen molar-refractivity contribution < 1.29 is 9.53 Å². The highest BCUT2D eigenvalue weighted by Gasteiger charge is 2.25. The molecule has 1 aromatic heterocycles. The molecule has 0 spiro atoms. The van der Waals surface area contributed by atoms with Crippen molar-refractivity contribution in [2.75, 3.05) is 11.9 Å². The number of thiocarbonyl (C=S) groups is 1. The van der Waals surface area contributed by atoms with Crippen molar-refractivity contribution in [2.24, 2.45) is 0 Å². The minimum Gasteiger partial charge on any atom is -0.462 e. The number of hydrogen-bond donors (Lipinski definition) is 2. The zero-order chi connectivity index (χ0) is 24.2. The molecule has 0 fully saturated rings. The largest absolute Gasteiger partial charge is 0.462 e. The molecule has 0 bridgehead atoms. The number of esters is 1. The van der Waals surface area contributed by atoms with Gasteiger partial charge in [0.05, 0.1) is 12.6 Å². The lowest BCUT2D eigenvalue weighted by Gasteiger charge is -2.21. The molecule has 1 unspecified atom stereocenters. The van der Waals surface area contributed by atoms with E-state index in [1.54, 1.807) is 0 Å². The fraction of sp³-hybridized carbons (Fsp3) is 0.333. The van der Waals surface area contributed by atoms with Gasteiger partial charge in [0.2, 0.25) is 0 Å². The molecule has 0 saturated heterocycles. The molecule has 0 aliphatic heterocycles. The van der Waals surface area contributed by atoms with Crippen molar-refractivity contribution in [1.82, 2.24) is 5.32 Å². The highest BCUT2D eigenvalue weighted by atomic mass is 32.1. The average molecular weight is 481 g/mol. The first-order valence-electron chi connectivity index (χ1n) is 11.2. The summed E-state index contributed by atoms with van der Waals surface area (Å²) in [6.07, 6.45) is 0. The van der Waals surface area contributed by atoms with Crippen molar-refractivity contribution in [3.8, 4) is 11.1 Å². The van der Waals surface area contributed by atoms with E-state index in [0.717, 1.165) is 21.6 Å². The fourth-order valence-corrected chi connectivity index (χ4v) is 5.09. The molecule has 174 valence electrons. The zero-order valence-corrected chi connectivity index (χ0v) is 21.7. The number of rotatable bonds is 6. The molecule has 6 heteroatoms. The maximum atomic E-state index is 12.9. The second kappa shape index (κ2) is 10.5. The molecular weight excluding hydrogens is 448 g/mol. The second-order valence-corrected chi connectivity index (χ2v) is 10.6. The lowest BCUT2D eigenvalue weighted by molar-refractivity contribution is 0.0529. The number of carbonyl (C=O) groups excluding carboxylic acids is 1. The number of ether oxygens (including phenoxy) is 1. The first-order valence-corrected chi connectivity index (χ1v) is 12.4. The van der Waals surface area contributed by atoms with Gasteiger partial charge >= 0.3 is 5.97 Å². The Labute approximate surface area is 206 Å². The van der Waals surface area contributed by atoms with Gasteiger partial charge in [0.1, 0.15) is 10.6 Å². The molecule has 0 aliphatic rings. The Balaban J connectivity index is 1.82. The lowest BCUT2D eigenvalue weighted by Crippen LogP contribution is -2.31. The molecule has 3 aromatic rings. The number of carbonyl (C=O) groups is 1. The van der Waals surface area contributed by atoms with Gasteiger partial charge in [-0.25, -0.2) is 4.79 Å². The average Bonchev–Trinajstić information content (AvgIpc) is 3.09. The summed E-state index contributed by atoms with van der Waals surface area (Å²) >= 11 is 7.12. The fourth-order valence-electron chi connectivity index (χ4n) is 3.67. The summed E-state index contributed by atoms with van der Waals surface area (Å²) in [5.74, 6) is -0.350. The van der Waals surface area contributed by atoms with Crippen molar-refractivity contribution in [3.63, 3.8) is 0 Å². The van der Waals surface area contributed by atoms with Crippen molar-refractivity contribution in [1.29, 1.82) is 0 Å². The summed E-state index contributed by atoms with van der Waals surface area (Å²) in [5.41, 5.74) is 4.94. The summed E-state index contributed by atoms with van der Waals surface area (Å²) in [6, 6.07) is 18.5. The molecule has 0 amide bonds. The quantitative estimate of drug-likeness (QED) is 0.287. The third-order valence-electron chi connectivity index (χ3n) is 5.48. The van der Waals surface area contributed by atoms with E-state index in [-0.39, 0.29) is 17.4 Å². The SMILES string of the molecule is CCOC(=O)c1c(NC(=S)NC(C)c2ccc(C(C)(C)C)cc2)sc(C)c1-c1ccccc1. The van der Waals surface area contributed by atoms with E-state index in [1.807, 2.05) is 44.2 Å². The number of anilines is 1. The van der Waals surface area contributed by atoms with E-state index in [4.69, 9.17) is 17.0 Å². The van der Waals surface area contributed by atoms with Crippen LogP contribution in [0.3, 0.4) is 0 Å². The van der Waals surface area contributed by atoms with Crippen LogP contribution in [-0.4, -0.2) is 17.7 Å². The van der Waals surface area contributed by atoms with E-state index in [0.29, 0.717) is 22.3 Å². The van der Waals surface area contributed by atoms with Crippen LogP contribution in [0, 0.1) is 6.92 Å². The molecule has 2 aromatic carbocycles. The Hall–Kier alpha value is -2.70. The molecule has 1 atom stereocenters. The highest BCUT2D eigenvalue weighted by Crippen LogP contribution is 2.40. The molecule has 1 heterocycles. The van der Waals surface area contributed by atoms with Crippen molar-refractivity contribution >= 4 is 39.6 Å². The Kier molecular flexibility index (Phi) is 7.92. The topological polar surface area (TPSA) is 50.4 Å². The van der Waals surface area contributed by atoms with Gasteiger partial charge in [-0.05, 0) is 55.1 Å². The number of nitrogens with one attached hydrogen (secondary N) is 2. The van der Waals surface area contributed by atoms with E-state index in [9.17, 15) is 4.79 Å². The highest BCUT2D eigenvalue weighted by molar-refractivity contribution is 7.80. The van der Waals surface area contributed by atoms with E-state index >= 15 is 0 Å².